The van der Waals surface area contributed by atoms with Gasteiger partial charge >= 0.3 is 0 Å². The van der Waals surface area contributed by atoms with E-state index in [2.05, 4.69) is 18.2 Å². The van der Waals surface area contributed by atoms with Gasteiger partial charge in [-0.15, -0.1) is 11.8 Å². The molecule has 4 nitrogen and oxygen atoms in total. The SMILES string of the molecule is CC1Sc2ccc(CCN)cc2N(CCN)C1=O. The van der Waals surface area contributed by atoms with Crippen molar-refractivity contribution in [2.75, 3.05) is 24.5 Å². The summed E-state index contributed by atoms with van der Waals surface area (Å²) >= 11 is 1.61. The highest BCUT2D eigenvalue weighted by atomic mass is 32.2. The first-order valence-electron chi connectivity index (χ1n) is 6.18. The number of benzene rings is 1. The van der Waals surface area contributed by atoms with Crippen LogP contribution in [0.2, 0.25) is 0 Å². The van der Waals surface area contributed by atoms with Crippen LogP contribution in [0.25, 0.3) is 0 Å². The van der Waals surface area contributed by atoms with Gasteiger partial charge in [0.25, 0.3) is 0 Å². The number of amides is 1. The van der Waals surface area contributed by atoms with E-state index in [1.807, 2.05) is 6.92 Å². The van der Waals surface area contributed by atoms with Crippen molar-refractivity contribution >= 4 is 23.4 Å². The summed E-state index contributed by atoms with van der Waals surface area (Å²) in [7, 11) is 0. The average molecular weight is 265 g/mol. The monoisotopic (exact) mass is 265 g/mol. The number of thioether (sulfide) groups is 1. The van der Waals surface area contributed by atoms with E-state index >= 15 is 0 Å². The predicted octanol–water partition coefficient (Wildman–Crippen LogP) is 0.974. The number of nitrogens with zero attached hydrogens (tertiary/aromatic N) is 1. The molecule has 1 aromatic rings. The molecular weight excluding hydrogens is 246 g/mol. The fourth-order valence-corrected chi connectivity index (χ4v) is 3.18. The van der Waals surface area contributed by atoms with Crippen molar-refractivity contribution in [3.63, 3.8) is 0 Å². The van der Waals surface area contributed by atoms with Crippen molar-refractivity contribution in [1.82, 2.24) is 0 Å². The lowest BCUT2D eigenvalue weighted by atomic mass is 10.1. The van der Waals surface area contributed by atoms with Gasteiger partial charge in [0.15, 0.2) is 0 Å². The maximum Gasteiger partial charge on any atom is 0.240 e. The van der Waals surface area contributed by atoms with Gasteiger partial charge < -0.3 is 16.4 Å². The molecule has 1 unspecified atom stereocenters. The third-order valence-electron chi connectivity index (χ3n) is 3.02. The Morgan fingerprint density at radius 3 is 2.78 bits per heavy atom. The van der Waals surface area contributed by atoms with Crippen LogP contribution in [0.3, 0.4) is 0 Å². The minimum Gasteiger partial charge on any atom is -0.330 e. The van der Waals surface area contributed by atoms with Crippen molar-refractivity contribution in [3.8, 4) is 0 Å². The largest absolute Gasteiger partial charge is 0.330 e. The topological polar surface area (TPSA) is 72.3 Å². The number of hydrogen-bond acceptors (Lipinski definition) is 4. The lowest BCUT2D eigenvalue weighted by molar-refractivity contribution is -0.118. The van der Waals surface area contributed by atoms with Gasteiger partial charge in [-0.25, -0.2) is 0 Å². The molecule has 0 bridgehead atoms. The smallest absolute Gasteiger partial charge is 0.240 e. The van der Waals surface area contributed by atoms with E-state index in [9.17, 15) is 4.79 Å². The standard InChI is InChI=1S/C13H19N3OS/c1-9-13(17)16(7-6-15)11-8-10(4-5-14)2-3-12(11)18-9/h2-3,8-9H,4-7,14-15H2,1H3. The fourth-order valence-electron chi connectivity index (χ4n) is 2.13. The van der Waals surface area contributed by atoms with Crippen LogP contribution in [0.5, 0.6) is 0 Å². The van der Waals surface area contributed by atoms with Gasteiger partial charge in [0.2, 0.25) is 5.91 Å². The molecule has 1 atom stereocenters. The first kappa shape index (κ1) is 13.4. The van der Waals surface area contributed by atoms with Crippen molar-refractivity contribution in [1.29, 1.82) is 0 Å². The Balaban J connectivity index is 2.38. The summed E-state index contributed by atoms with van der Waals surface area (Å²) in [5.41, 5.74) is 13.3. The molecule has 5 heteroatoms. The average Bonchev–Trinajstić information content (AvgIpc) is 2.36. The highest BCUT2D eigenvalue weighted by Gasteiger charge is 2.30. The zero-order valence-electron chi connectivity index (χ0n) is 10.6. The maximum atomic E-state index is 12.2. The van der Waals surface area contributed by atoms with Crippen molar-refractivity contribution in [3.05, 3.63) is 23.8 Å². The van der Waals surface area contributed by atoms with Gasteiger partial charge in [-0.2, -0.15) is 0 Å². The summed E-state index contributed by atoms with van der Waals surface area (Å²) in [6, 6.07) is 6.23. The molecular formula is C13H19N3OS. The summed E-state index contributed by atoms with van der Waals surface area (Å²) in [6.45, 7) is 3.60. The van der Waals surface area contributed by atoms with E-state index in [0.29, 0.717) is 19.6 Å². The number of carbonyl (C=O) groups excluding carboxylic acids is 1. The number of nitrogens with two attached hydrogens (primary N) is 2. The van der Waals surface area contributed by atoms with Crippen LogP contribution < -0.4 is 16.4 Å². The molecule has 0 radical (unpaired) electrons. The molecule has 18 heavy (non-hydrogen) atoms. The molecule has 0 spiro atoms. The van der Waals surface area contributed by atoms with Crippen LogP contribution in [0.1, 0.15) is 12.5 Å². The van der Waals surface area contributed by atoms with Crippen molar-refractivity contribution < 1.29 is 4.79 Å². The third kappa shape index (κ3) is 2.53. The lowest BCUT2D eigenvalue weighted by Gasteiger charge is -2.32. The van der Waals surface area contributed by atoms with Crippen LogP contribution in [-0.2, 0) is 11.2 Å². The van der Waals surface area contributed by atoms with Gasteiger partial charge in [-0.1, -0.05) is 6.07 Å². The van der Waals surface area contributed by atoms with Gasteiger partial charge in [0.05, 0.1) is 10.9 Å². The second-order valence-electron chi connectivity index (χ2n) is 4.38. The summed E-state index contributed by atoms with van der Waals surface area (Å²) in [4.78, 5) is 15.1. The van der Waals surface area contributed by atoms with E-state index in [1.54, 1.807) is 16.7 Å². The van der Waals surface area contributed by atoms with Gasteiger partial charge in [0, 0.05) is 18.0 Å². The van der Waals surface area contributed by atoms with E-state index in [4.69, 9.17) is 11.5 Å². The number of carbonyl (C=O) groups is 1. The van der Waals surface area contributed by atoms with E-state index in [0.717, 1.165) is 17.0 Å². The molecule has 0 saturated heterocycles. The Bertz CT molecular complexity index is 450. The molecule has 0 saturated carbocycles. The quantitative estimate of drug-likeness (QED) is 0.851. The van der Waals surface area contributed by atoms with E-state index in [1.165, 1.54) is 5.56 Å². The molecule has 1 aliphatic heterocycles. The number of rotatable bonds is 4. The molecule has 0 fully saturated rings. The number of hydrogen-bond donors (Lipinski definition) is 2. The maximum absolute atomic E-state index is 12.2. The van der Waals surface area contributed by atoms with Crippen LogP contribution in [0.15, 0.2) is 23.1 Å². The normalized spacial score (nSPS) is 18.9. The number of fused-ring (bicyclic) bond motifs is 1. The Morgan fingerprint density at radius 2 is 2.11 bits per heavy atom. The van der Waals surface area contributed by atoms with E-state index in [-0.39, 0.29) is 11.2 Å². The predicted molar refractivity (Wildman–Crippen MR) is 75.9 cm³/mol. The highest BCUT2D eigenvalue weighted by Crippen LogP contribution is 2.39. The summed E-state index contributed by atoms with van der Waals surface area (Å²) in [5, 5.41) is -0.0376. The Labute approximate surface area is 112 Å². The molecule has 1 heterocycles. The number of anilines is 1. The van der Waals surface area contributed by atoms with Crippen LogP contribution in [0.4, 0.5) is 5.69 Å². The van der Waals surface area contributed by atoms with Crippen molar-refractivity contribution in [2.45, 2.75) is 23.5 Å². The summed E-state index contributed by atoms with van der Waals surface area (Å²) in [5.74, 6) is 0.142. The molecule has 1 aliphatic rings. The molecule has 2 rings (SSSR count). The minimum atomic E-state index is -0.0376. The minimum absolute atomic E-state index is 0.0376. The first-order valence-corrected chi connectivity index (χ1v) is 7.06. The van der Waals surface area contributed by atoms with Crippen LogP contribution in [-0.4, -0.2) is 30.8 Å². The molecule has 98 valence electrons. The van der Waals surface area contributed by atoms with Gasteiger partial charge in [0.1, 0.15) is 0 Å². The van der Waals surface area contributed by atoms with E-state index < -0.39 is 0 Å². The fraction of sp³-hybridized carbons (Fsp3) is 0.462. The summed E-state index contributed by atoms with van der Waals surface area (Å²) < 4.78 is 0. The van der Waals surface area contributed by atoms with Crippen LogP contribution in [0, 0.1) is 0 Å². The summed E-state index contributed by atoms with van der Waals surface area (Å²) in [6.07, 6.45) is 0.832. The Morgan fingerprint density at radius 1 is 1.33 bits per heavy atom. The van der Waals surface area contributed by atoms with Gasteiger partial charge in [-0.05, 0) is 37.6 Å². The molecule has 0 aromatic heterocycles. The lowest BCUT2D eigenvalue weighted by Crippen LogP contribution is -2.42. The Kier molecular flexibility index (Phi) is 4.27. The zero-order chi connectivity index (χ0) is 13.1. The molecule has 1 amide bonds. The molecule has 0 aliphatic carbocycles. The third-order valence-corrected chi connectivity index (χ3v) is 4.17. The molecule has 4 N–H and O–H groups in total. The van der Waals surface area contributed by atoms with Gasteiger partial charge in [-0.3, -0.25) is 4.79 Å². The second-order valence-corrected chi connectivity index (χ2v) is 5.76. The molecule has 1 aromatic carbocycles. The first-order chi connectivity index (χ1) is 8.67. The van der Waals surface area contributed by atoms with Crippen molar-refractivity contribution in [2.24, 2.45) is 11.5 Å². The van der Waals surface area contributed by atoms with Crippen LogP contribution >= 0.6 is 11.8 Å². The highest BCUT2D eigenvalue weighted by molar-refractivity contribution is 8.00. The zero-order valence-corrected chi connectivity index (χ0v) is 11.4. The second kappa shape index (κ2) is 5.73. The Hall–Kier alpha value is -1.04.